The largest absolute Gasteiger partial charge is 0.465 e. The van der Waals surface area contributed by atoms with Gasteiger partial charge in [-0.05, 0) is 56.2 Å². The molecule has 4 rings (SSSR count). The number of esters is 1. The quantitative estimate of drug-likeness (QED) is 0.194. The molecule has 0 bridgehead atoms. The summed E-state index contributed by atoms with van der Waals surface area (Å²) in [6, 6.07) is 18.0. The molecule has 2 N–H and O–H groups in total. The standard InChI is InChI=1S/C26H25BrN4O2S2/c1-15-23(16(2)31(30-15)14-18-10-12-20(27)13-11-18)28-26(34)29-24-22(25(32)33-4)21(17(3)35-24)19-8-6-5-7-9-19/h5-13H,14H2,1-4H3,(H2,28,29,34). The number of halogens is 1. The molecule has 35 heavy (non-hydrogen) atoms. The normalized spacial score (nSPS) is 10.8. The Morgan fingerprint density at radius 3 is 2.43 bits per heavy atom. The second-order valence-corrected chi connectivity index (χ2v) is 10.6. The van der Waals surface area contributed by atoms with Crippen LogP contribution in [0.3, 0.4) is 0 Å². The highest BCUT2D eigenvalue weighted by atomic mass is 79.9. The minimum absolute atomic E-state index is 0.380. The molecule has 0 aliphatic rings. The number of aromatic nitrogens is 2. The van der Waals surface area contributed by atoms with E-state index in [-0.39, 0.29) is 0 Å². The van der Waals surface area contributed by atoms with Crippen LogP contribution in [0.15, 0.2) is 59.1 Å². The Morgan fingerprint density at radius 1 is 1.09 bits per heavy atom. The van der Waals surface area contributed by atoms with Gasteiger partial charge in [0, 0.05) is 14.9 Å². The van der Waals surface area contributed by atoms with Gasteiger partial charge in [0.15, 0.2) is 5.11 Å². The molecule has 0 spiro atoms. The zero-order valence-corrected chi connectivity index (χ0v) is 23.0. The number of carbonyl (C=O) groups excluding carboxylic acids is 1. The molecule has 2 aromatic carbocycles. The number of methoxy groups -OCH3 is 1. The molecule has 0 saturated heterocycles. The van der Waals surface area contributed by atoms with Gasteiger partial charge in [0.05, 0.1) is 30.7 Å². The molecule has 0 saturated carbocycles. The molecule has 0 unspecified atom stereocenters. The lowest BCUT2D eigenvalue weighted by molar-refractivity contribution is 0.0603. The predicted molar refractivity (Wildman–Crippen MR) is 151 cm³/mol. The number of anilines is 2. The molecule has 4 aromatic rings. The van der Waals surface area contributed by atoms with Crippen LogP contribution >= 0.6 is 39.5 Å². The topological polar surface area (TPSA) is 68.2 Å². The third-order valence-electron chi connectivity index (χ3n) is 5.63. The summed E-state index contributed by atoms with van der Waals surface area (Å²) in [5.41, 5.74) is 6.08. The summed E-state index contributed by atoms with van der Waals surface area (Å²) in [6.45, 7) is 6.59. The van der Waals surface area contributed by atoms with Crippen LogP contribution in [0.1, 0.15) is 32.2 Å². The molecular weight excluding hydrogens is 544 g/mol. The lowest BCUT2D eigenvalue weighted by atomic mass is 10.0. The number of hydrogen-bond donors (Lipinski definition) is 2. The van der Waals surface area contributed by atoms with Crippen LogP contribution in [0, 0.1) is 20.8 Å². The SMILES string of the molecule is COC(=O)c1c(NC(=S)Nc2c(C)nn(Cc3ccc(Br)cc3)c2C)sc(C)c1-c1ccccc1. The lowest BCUT2D eigenvalue weighted by Gasteiger charge is -2.12. The molecule has 0 fully saturated rings. The number of carbonyl (C=O) groups is 1. The van der Waals surface area contributed by atoms with Crippen LogP contribution in [-0.2, 0) is 11.3 Å². The fourth-order valence-electron chi connectivity index (χ4n) is 3.92. The van der Waals surface area contributed by atoms with Gasteiger partial charge in [0.2, 0.25) is 0 Å². The Bertz CT molecular complexity index is 1380. The van der Waals surface area contributed by atoms with Crippen molar-refractivity contribution in [3.8, 4) is 11.1 Å². The van der Waals surface area contributed by atoms with Gasteiger partial charge in [-0.1, -0.05) is 58.4 Å². The summed E-state index contributed by atoms with van der Waals surface area (Å²) in [5.74, 6) is -0.409. The van der Waals surface area contributed by atoms with Gasteiger partial charge in [0.1, 0.15) is 10.6 Å². The van der Waals surface area contributed by atoms with Gasteiger partial charge < -0.3 is 15.4 Å². The maximum absolute atomic E-state index is 12.8. The van der Waals surface area contributed by atoms with E-state index in [0.29, 0.717) is 22.2 Å². The van der Waals surface area contributed by atoms with Crippen molar-refractivity contribution < 1.29 is 9.53 Å². The maximum atomic E-state index is 12.8. The van der Waals surface area contributed by atoms with Gasteiger partial charge >= 0.3 is 5.97 Å². The Morgan fingerprint density at radius 2 is 1.77 bits per heavy atom. The van der Waals surface area contributed by atoms with E-state index in [1.165, 1.54) is 18.4 Å². The molecule has 2 heterocycles. The Balaban J connectivity index is 1.58. The first-order valence-electron chi connectivity index (χ1n) is 10.9. The van der Waals surface area contributed by atoms with Gasteiger partial charge in [0.25, 0.3) is 0 Å². The molecule has 0 radical (unpaired) electrons. The van der Waals surface area contributed by atoms with Crippen LogP contribution in [-0.4, -0.2) is 28.0 Å². The summed E-state index contributed by atoms with van der Waals surface area (Å²) >= 11 is 10.6. The van der Waals surface area contributed by atoms with Crippen molar-refractivity contribution in [2.45, 2.75) is 27.3 Å². The van der Waals surface area contributed by atoms with E-state index in [4.69, 9.17) is 17.0 Å². The van der Waals surface area contributed by atoms with E-state index in [0.717, 1.165) is 43.1 Å². The van der Waals surface area contributed by atoms with Crippen molar-refractivity contribution in [3.63, 3.8) is 0 Å². The van der Waals surface area contributed by atoms with Crippen LogP contribution < -0.4 is 10.6 Å². The second-order valence-electron chi connectivity index (χ2n) is 8.00. The summed E-state index contributed by atoms with van der Waals surface area (Å²) < 4.78 is 8.10. The summed E-state index contributed by atoms with van der Waals surface area (Å²) in [6.07, 6.45) is 0. The summed E-state index contributed by atoms with van der Waals surface area (Å²) in [5, 5.41) is 12.2. The summed E-state index contributed by atoms with van der Waals surface area (Å²) in [7, 11) is 1.39. The first kappa shape index (κ1) is 25.1. The van der Waals surface area contributed by atoms with Gasteiger partial charge in [-0.2, -0.15) is 5.10 Å². The molecular formula is C26H25BrN4O2S2. The fourth-order valence-corrected chi connectivity index (χ4v) is 5.53. The third kappa shape index (κ3) is 5.47. The second kappa shape index (κ2) is 10.7. The monoisotopic (exact) mass is 568 g/mol. The number of nitrogens with one attached hydrogen (secondary N) is 2. The van der Waals surface area contributed by atoms with Crippen molar-refractivity contribution in [2.24, 2.45) is 0 Å². The van der Waals surface area contributed by atoms with E-state index in [1.54, 1.807) is 0 Å². The molecule has 2 aromatic heterocycles. The van der Waals surface area contributed by atoms with Gasteiger partial charge in [-0.15, -0.1) is 11.3 Å². The van der Waals surface area contributed by atoms with Crippen molar-refractivity contribution in [1.82, 2.24) is 9.78 Å². The van der Waals surface area contributed by atoms with Gasteiger partial charge in [-0.25, -0.2) is 4.79 Å². The summed E-state index contributed by atoms with van der Waals surface area (Å²) in [4.78, 5) is 13.7. The lowest BCUT2D eigenvalue weighted by Crippen LogP contribution is -2.21. The number of thiophene rings is 1. The molecule has 0 atom stereocenters. The van der Waals surface area contributed by atoms with E-state index >= 15 is 0 Å². The number of hydrogen-bond acceptors (Lipinski definition) is 5. The van der Waals surface area contributed by atoms with Crippen molar-refractivity contribution >= 4 is 61.3 Å². The first-order valence-corrected chi connectivity index (χ1v) is 12.9. The minimum Gasteiger partial charge on any atom is -0.465 e. The highest BCUT2D eigenvalue weighted by Crippen LogP contribution is 2.40. The maximum Gasteiger partial charge on any atom is 0.341 e. The van der Waals surface area contributed by atoms with E-state index in [2.05, 4.69) is 43.8 Å². The number of aryl methyl sites for hydroxylation is 2. The molecule has 9 heteroatoms. The fraction of sp³-hybridized carbons (Fsp3) is 0.192. The Hall–Kier alpha value is -3.01. The number of thiocarbonyl (C=S) groups is 1. The highest BCUT2D eigenvalue weighted by Gasteiger charge is 2.25. The molecule has 6 nitrogen and oxygen atoms in total. The highest BCUT2D eigenvalue weighted by molar-refractivity contribution is 9.10. The van der Waals surface area contributed by atoms with Crippen LogP contribution in [0.5, 0.6) is 0 Å². The number of rotatable bonds is 6. The molecule has 0 amide bonds. The van der Waals surface area contributed by atoms with E-state index in [9.17, 15) is 4.79 Å². The van der Waals surface area contributed by atoms with Crippen molar-refractivity contribution in [1.29, 1.82) is 0 Å². The van der Waals surface area contributed by atoms with Crippen LogP contribution in [0.2, 0.25) is 0 Å². The zero-order chi connectivity index (χ0) is 25.1. The van der Waals surface area contributed by atoms with E-state index < -0.39 is 5.97 Å². The van der Waals surface area contributed by atoms with Crippen LogP contribution in [0.25, 0.3) is 11.1 Å². The Labute approximate surface area is 222 Å². The zero-order valence-electron chi connectivity index (χ0n) is 19.8. The van der Waals surface area contributed by atoms with Crippen molar-refractivity contribution in [2.75, 3.05) is 17.7 Å². The average Bonchev–Trinajstić information content (AvgIpc) is 3.30. The van der Waals surface area contributed by atoms with Gasteiger partial charge in [-0.3, -0.25) is 4.68 Å². The Kier molecular flexibility index (Phi) is 7.69. The smallest absolute Gasteiger partial charge is 0.341 e. The van der Waals surface area contributed by atoms with E-state index in [1.807, 2.05) is 67.9 Å². The number of nitrogens with zero attached hydrogens (tertiary/aromatic N) is 2. The molecule has 0 aliphatic carbocycles. The predicted octanol–water partition coefficient (Wildman–Crippen LogP) is 6.94. The third-order valence-corrected chi connectivity index (χ3v) is 7.38. The van der Waals surface area contributed by atoms with Crippen LogP contribution in [0.4, 0.5) is 10.7 Å². The number of benzene rings is 2. The number of ether oxygens (including phenoxy) is 1. The minimum atomic E-state index is -0.409. The molecule has 0 aliphatic heterocycles. The average molecular weight is 570 g/mol. The van der Waals surface area contributed by atoms with Crippen molar-refractivity contribution in [3.05, 3.63) is 86.5 Å². The first-order chi connectivity index (χ1) is 16.8. The molecule has 180 valence electrons.